The monoisotopic (exact) mass is 396 g/mol. The van der Waals surface area contributed by atoms with Crippen LogP contribution in [0.5, 0.6) is 0 Å². The van der Waals surface area contributed by atoms with Crippen molar-refractivity contribution < 1.29 is 19.1 Å². The number of benzene rings is 1. The topological polar surface area (TPSA) is 74.0 Å². The molecule has 0 saturated carbocycles. The van der Waals surface area contributed by atoms with Crippen molar-refractivity contribution in [1.29, 1.82) is 0 Å². The number of furan rings is 1. The second-order valence-electron chi connectivity index (χ2n) is 8.46. The predicted octanol–water partition coefficient (Wildman–Crippen LogP) is 2.65. The molecule has 2 fully saturated rings. The third-order valence-electron chi connectivity index (χ3n) is 6.30. The van der Waals surface area contributed by atoms with Crippen LogP contribution < -0.4 is 0 Å². The number of nitrogens with zero attached hydrogens (tertiary/aromatic N) is 2. The van der Waals surface area contributed by atoms with E-state index >= 15 is 0 Å². The quantitative estimate of drug-likeness (QED) is 0.866. The number of hydrogen-bond donors (Lipinski definition) is 1. The lowest BCUT2D eigenvalue weighted by Crippen LogP contribution is -2.60. The van der Waals surface area contributed by atoms with E-state index in [2.05, 4.69) is 0 Å². The van der Waals surface area contributed by atoms with Gasteiger partial charge >= 0.3 is 0 Å². The molecular formula is C23H28N2O4. The number of carbonyl (C=O) groups excluding carboxylic acids is 2. The SMILES string of the molecule is Cc1cccc(CC(=O)N2CC[C@@H](O)[C@]3(CCCN(C(=O)c4ccco4)C3)C2)c1. The summed E-state index contributed by atoms with van der Waals surface area (Å²) in [5.74, 6) is 0.251. The minimum Gasteiger partial charge on any atom is -0.459 e. The van der Waals surface area contributed by atoms with E-state index in [-0.39, 0.29) is 11.8 Å². The molecular weight excluding hydrogens is 368 g/mol. The Balaban J connectivity index is 1.47. The molecule has 29 heavy (non-hydrogen) atoms. The maximum absolute atomic E-state index is 13.0. The molecule has 2 saturated heterocycles. The summed E-state index contributed by atoms with van der Waals surface area (Å²) >= 11 is 0. The van der Waals surface area contributed by atoms with Gasteiger partial charge in [0, 0.05) is 31.6 Å². The Labute approximate surface area is 171 Å². The number of aliphatic hydroxyl groups excluding tert-OH is 1. The Morgan fingerprint density at radius 1 is 1.17 bits per heavy atom. The Morgan fingerprint density at radius 2 is 2.00 bits per heavy atom. The van der Waals surface area contributed by atoms with Crippen LogP contribution in [0.3, 0.4) is 0 Å². The van der Waals surface area contributed by atoms with Gasteiger partial charge in [-0.2, -0.15) is 0 Å². The average Bonchev–Trinajstić information content (AvgIpc) is 3.24. The fraction of sp³-hybridized carbons (Fsp3) is 0.478. The largest absolute Gasteiger partial charge is 0.459 e. The minimum atomic E-state index is -0.516. The van der Waals surface area contributed by atoms with Gasteiger partial charge in [0.15, 0.2) is 5.76 Å². The van der Waals surface area contributed by atoms with Gasteiger partial charge in [0.2, 0.25) is 5.91 Å². The van der Waals surface area contributed by atoms with E-state index in [9.17, 15) is 14.7 Å². The first-order chi connectivity index (χ1) is 14.0. The molecule has 1 aromatic carbocycles. The normalized spacial score (nSPS) is 24.7. The van der Waals surface area contributed by atoms with Crippen LogP contribution in [0, 0.1) is 12.3 Å². The van der Waals surface area contributed by atoms with Crippen LogP contribution in [0.4, 0.5) is 0 Å². The van der Waals surface area contributed by atoms with Gasteiger partial charge in [-0.1, -0.05) is 29.8 Å². The van der Waals surface area contributed by atoms with Crippen molar-refractivity contribution in [3.63, 3.8) is 0 Å². The molecule has 1 N–H and O–H groups in total. The van der Waals surface area contributed by atoms with Crippen molar-refractivity contribution in [2.45, 2.75) is 38.7 Å². The second-order valence-corrected chi connectivity index (χ2v) is 8.46. The Hall–Kier alpha value is -2.60. The Bertz CT molecular complexity index is 879. The molecule has 1 aromatic heterocycles. The molecule has 154 valence electrons. The van der Waals surface area contributed by atoms with Gasteiger partial charge in [0.05, 0.1) is 18.8 Å². The highest BCUT2D eigenvalue weighted by Crippen LogP contribution is 2.39. The van der Waals surface area contributed by atoms with E-state index in [0.29, 0.717) is 44.8 Å². The first kappa shape index (κ1) is 19.7. The first-order valence-electron chi connectivity index (χ1n) is 10.3. The Kier molecular flexibility index (Phi) is 5.46. The van der Waals surface area contributed by atoms with E-state index in [1.54, 1.807) is 17.0 Å². The standard InChI is InChI=1S/C23H28N2O4/c1-17-5-2-6-18(13-17)14-21(27)24-11-8-20(26)23(15-24)9-4-10-25(16-23)22(28)19-7-3-12-29-19/h2-3,5-7,12-13,20,26H,4,8-11,14-16H2,1H3/t20-,23-/m1/s1. The number of hydrogen-bond acceptors (Lipinski definition) is 4. The molecule has 2 aliphatic rings. The molecule has 4 rings (SSSR count). The summed E-state index contributed by atoms with van der Waals surface area (Å²) in [6.07, 6.45) is 3.50. The number of rotatable bonds is 3. The number of aryl methyl sites for hydroxylation is 1. The summed E-state index contributed by atoms with van der Waals surface area (Å²) in [7, 11) is 0. The Morgan fingerprint density at radius 3 is 2.76 bits per heavy atom. The van der Waals surface area contributed by atoms with E-state index in [4.69, 9.17) is 4.42 Å². The lowest BCUT2D eigenvalue weighted by molar-refractivity contribution is -0.141. The number of likely N-dealkylation sites (tertiary alicyclic amines) is 2. The summed E-state index contributed by atoms with van der Waals surface area (Å²) < 4.78 is 5.27. The molecule has 0 bridgehead atoms. The second kappa shape index (κ2) is 8.03. The third kappa shape index (κ3) is 4.08. The lowest BCUT2D eigenvalue weighted by atomic mass is 9.71. The van der Waals surface area contributed by atoms with Crippen molar-refractivity contribution in [2.24, 2.45) is 5.41 Å². The number of aliphatic hydroxyl groups is 1. The fourth-order valence-corrected chi connectivity index (χ4v) is 4.76. The fourth-order valence-electron chi connectivity index (χ4n) is 4.76. The predicted molar refractivity (Wildman–Crippen MR) is 108 cm³/mol. The summed E-state index contributed by atoms with van der Waals surface area (Å²) in [5.41, 5.74) is 1.68. The summed E-state index contributed by atoms with van der Waals surface area (Å²) in [6.45, 7) is 4.15. The summed E-state index contributed by atoms with van der Waals surface area (Å²) in [5, 5.41) is 10.8. The lowest BCUT2D eigenvalue weighted by Gasteiger charge is -2.51. The smallest absolute Gasteiger partial charge is 0.289 e. The third-order valence-corrected chi connectivity index (χ3v) is 6.30. The maximum atomic E-state index is 13.0. The van der Waals surface area contributed by atoms with Crippen molar-refractivity contribution in [3.05, 3.63) is 59.5 Å². The van der Waals surface area contributed by atoms with Crippen LogP contribution in [-0.2, 0) is 11.2 Å². The number of carbonyl (C=O) groups is 2. The van der Waals surface area contributed by atoms with Gasteiger partial charge in [-0.05, 0) is 43.9 Å². The van der Waals surface area contributed by atoms with Crippen LogP contribution in [0.2, 0.25) is 0 Å². The molecule has 2 amide bonds. The highest BCUT2D eigenvalue weighted by Gasteiger charge is 2.47. The van der Waals surface area contributed by atoms with Crippen LogP contribution in [0.1, 0.15) is 40.9 Å². The molecule has 2 aromatic rings. The van der Waals surface area contributed by atoms with Crippen LogP contribution >= 0.6 is 0 Å². The highest BCUT2D eigenvalue weighted by molar-refractivity contribution is 5.91. The first-order valence-corrected chi connectivity index (χ1v) is 10.3. The average molecular weight is 396 g/mol. The van der Waals surface area contributed by atoms with Crippen LogP contribution in [0.25, 0.3) is 0 Å². The van der Waals surface area contributed by atoms with Gasteiger partial charge in [-0.3, -0.25) is 9.59 Å². The molecule has 2 atom stereocenters. The van der Waals surface area contributed by atoms with Crippen molar-refractivity contribution in [3.8, 4) is 0 Å². The maximum Gasteiger partial charge on any atom is 0.289 e. The molecule has 3 heterocycles. The molecule has 1 spiro atoms. The van der Waals surface area contributed by atoms with Crippen molar-refractivity contribution in [1.82, 2.24) is 9.80 Å². The molecule has 6 nitrogen and oxygen atoms in total. The van der Waals surface area contributed by atoms with Gasteiger partial charge in [-0.25, -0.2) is 0 Å². The van der Waals surface area contributed by atoms with Gasteiger partial charge in [0.1, 0.15) is 0 Å². The van der Waals surface area contributed by atoms with Crippen LogP contribution in [0.15, 0.2) is 47.1 Å². The van der Waals surface area contributed by atoms with Gasteiger partial charge in [0.25, 0.3) is 5.91 Å². The zero-order chi connectivity index (χ0) is 20.4. The number of amides is 2. The van der Waals surface area contributed by atoms with E-state index in [1.807, 2.05) is 36.1 Å². The van der Waals surface area contributed by atoms with E-state index in [1.165, 1.54) is 6.26 Å². The molecule has 6 heteroatoms. The summed E-state index contributed by atoms with van der Waals surface area (Å²) in [6, 6.07) is 11.4. The molecule has 0 aliphatic carbocycles. The van der Waals surface area contributed by atoms with Gasteiger partial charge in [-0.15, -0.1) is 0 Å². The molecule has 0 unspecified atom stereocenters. The minimum absolute atomic E-state index is 0.0800. The molecule has 2 aliphatic heterocycles. The van der Waals surface area contributed by atoms with E-state index in [0.717, 1.165) is 24.0 Å². The number of piperidine rings is 2. The van der Waals surface area contributed by atoms with Gasteiger partial charge < -0.3 is 19.3 Å². The zero-order valence-electron chi connectivity index (χ0n) is 16.8. The van der Waals surface area contributed by atoms with Crippen molar-refractivity contribution >= 4 is 11.8 Å². The zero-order valence-corrected chi connectivity index (χ0v) is 16.8. The van der Waals surface area contributed by atoms with Crippen LogP contribution in [-0.4, -0.2) is 59.0 Å². The molecule has 0 radical (unpaired) electrons. The summed E-state index contributed by atoms with van der Waals surface area (Å²) in [4.78, 5) is 29.3. The van der Waals surface area contributed by atoms with E-state index < -0.39 is 11.5 Å². The van der Waals surface area contributed by atoms with Crippen molar-refractivity contribution in [2.75, 3.05) is 26.2 Å². The highest BCUT2D eigenvalue weighted by atomic mass is 16.3.